The Morgan fingerprint density at radius 1 is 0.920 bits per heavy atom. The molecule has 1 aliphatic rings. The van der Waals surface area contributed by atoms with Crippen molar-refractivity contribution in [2.45, 2.75) is 42.7 Å². The van der Waals surface area contributed by atoms with Gasteiger partial charge >= 0.3 is 0 Å². The number of hydrogen-bond donors (Lipinski definition) is 2. The molecule has 2 atom stereocenters. The highest BCUT2D eigenvalue weighted by Crippen LogP contribution is 2.25. The normalized spacial score (nSPS) is 21.0. The zero-order chi connectivity index (χ0) is 17.9. The lowest BCUT2D eigenvalue weighted by atomic mass is 9.91. The van der Waals surface area contributed by atoms with E-state index in [1.165, 1.54) is 12.1 Å². The number of benzene rings is 2. The third-order valence-corrected chi connectivity index (χ3v) is 6.68. The van der Waals surface area contributed by atoms with Gasteiger partial charge in [-0.1, -0.05) is 40.4 Å². The van der Waals surface area contributed by atoms with E-state index in [2.05, 4.69) is 26.0 Å². The predicted molar refractivity (Wildman–Crippen MR) is 106 cm³/mol. The molecule has 0 saturated heterocycles. The molecule has 1 saturated carbocycles. The van der Waals surface area contributed by atoms with Crippen LogP contribution in [0, 0.1) is 0 Å². The van der Waals surface area contributed by atoms with Crippen LogP contribution in [0.2, 0.25) is 5.02 Å². The molecule has 25 heavy (non-hydrogen) atoms. The van der Waals surface area contributed by atoms with Crippen LogP contribution in [-0.2, 0) is 10.0 Å². The monoisotopic (exact) mass is 442 g/mol. The lowest BCUT2D eigenvalue weighted by molar-refractivity contribution is 0.378. The minimum absolute atomic E-state index is 0.0667. The van der Waals surface area contributed by atoms with Crippen molar-refractivity contribution in [2.75, 3.05) is 5.32 Å². The molecule has 2 N–H and O–H groups in total. The van der Waals surface area contributed by atoms with Crippen LogP contribution in [0.25, 0.3) is 0 Å². The summed E-state index contributed by atoms with van der Waals surface area (Å²) in [5.74, 6) is 0. The van der Waals surface area contributed by atoms with E-state index in [0.29, 0.717) is 5.02 Å². The Labute approximate surface area is 162 Å². The second kappa shape index (κ2) is 8.08. The fourth-order valence-corrected chi connectivity index (χ4v) is 4.79. The van der Waals surface area contributed by atoms with Crippen LogP contribution in [0.4, 0.5) is 5.69 Å². The van der Waals surface area contributed by atoms with Crippen LogP contribution >= 0.6 is 27.5 Å². The average molecular weight is 444 g/mol. The Balaban J connectivity index is 1.74. The van der Waals surface area contributed by atoms with Crippen LogP contribution < -0.4 is 10.0 Å². The minimum Gasteiger partial charge on any atom is -0.381 e. The highest BCUT2D eigenvalue weighted by atomic mass is 79.9. The summed E-state index contributed by atoms with van der Waals surface area (Å²) in [5.41, 5.74) is 0.991. The van der Waals surface area contributed by atoms with E-state index in [9.17, 15) is 8.42 Å². The van der Waals surface area contributed by atoms with Gasteiger partial charge in [-0.3, -0.25) is 0 Å². The summed E-state index contributed by atoms with van der Waals surface area (Å²) in [6.45, 7) is 0. The van der Waals surface area contributed by atoms with Gasteiger partial charge < -0.3 is 5.32 Å². The molecule has 0 heterocycles. The summed E-state index contributed by atoms with van der Waals surface area (Å²) in [5, 5.41) is 3.99. The molecule has 2 aromatic rings. The quantitative estimate of drug-likeness (QED) is 0.697. The zero-order valence-corrected chi connectivity index (χ0v) is 16.7. The fraction of sp³-hybridized carbons (Fsp3) is 0.333. The molecule has 0 aliphatic heterocycles. The van der Waals surface area contributed by atoms with E-state index in [1.54, 1.807) is 12.1 Å². The van der Waals surface area contributed by atoms with Gasteiger partial charge in [0.15, 0.2) is 0 Å². The van der Waals surface area contributed by atoms with Gasteiger partial charge in [-0.05, 0) is 61.4 Å². The lowest BCUT2D eigenvalue weighted by Gasteiger charge is -2.33. The molecule has 134 valence electrons. The second-order valence-corrected chi connectivity index (χ2v) is 9.29. The van der Waals surface area contributed by atoms with Gasteiger partial charge in [0, 0.05) is 27.3 Å². The largest absolute Gasteiger partial charge is 0.381 e. The van der Waals surface area contributed by atoms with Gasteiger partial charge in [-0.2, -0.15) is 0 Å². The molecule has 0 amide bonds. The van der Waals surface area contributed by atoms with Crippen molar-refractivity contribution in [3.63, 3.8) is 0 Å². The molecular weight excluding hydrogens is 424 g/mol. The summed E-state index contributed by atoms with van der Waals surface area (Å²) >= 11 is 9.27. The van der Waals surface area contributed by atoms with Gasteiger partial charge in [0.05, 0.1) is 4.90 Å². The van der Waals surface area contributed by atoms with Crippen molar-refractivity contribution in [2.24, 2.45) is 0 Å². The molecule has 3 rings (SSSR count). The van der Waals surface area contributed by atoms with E-state index in [-0.39, 0.29) is 17.0 Å². The van der Waals surface area contributed by atoms with Crippen molar-refractivity contribution in [1.82, 2.24) is 4.72 Å². The Morgan fingerprint density at radius 3 is 2.16 bits per heavy atom. The third kappa shape index (κ3) is 4.97. The summed E-state index contributed by atoms with van der Waals surface area (Å²) in [6.07, 6.45) is 3.87. The molecule has 0 aromatic heterocycles. The van der Waals surface area contributed by atoms with Gasteiger partial charge in [-0.25, -0.2) is 13.1 Å². The average Bonchev–Trinajstić information content (AvgIpc) is 2.59. The van der Waals surface area contributed by atoms with Gasteiger partial charge in [0.25, 0.3) is 0 Å². The standard InChI is InChI=1S/C18H20BrClN2O2S/c19-13-5-9-15(10-6-13)21-17-3-1-2-4-18(17)22-25(23,24)16-11-7-14(20)8-12-16/h5-12,17-18,21-22H,1-4H2/t17-,18-/m0/s1. The van der Waals surface area contributed by atoms with Crippen molar-refractivity contribution in [3.8, 4) is 0 Å². The first kappa shape index (κ1) is 18.7. The first-order valence-electron chi connectivity index (χ1n) is 8.24. The Kier molecular flexibility index (Phi) is 6.04. The lowest BCUT2D eigenvalue weighted by Crippen LogP contribution is -2.48. The van der Waals surface area contributed by atoms with Crippen molar-refractivity contribution in [3.05, 3.63) is 58.0 Å². The molecular formula is C18H20BrClN2O2S. The summed E-state index contributed by atoms with van der Waals surface area (Å²) in [7, 11) is -3.56. The van der Waals surface area contributed by atoms with E-state index in [0.717, 1.165) is 35.8 Å². The number of halogens is 2. The first-order valence-corrected chi connectivity index (χ1v) is 10.9. The summed E-state index contributed by atoms with van der Waals surface area (Å²) in [4.78, 5) is 0.241. The Hall–Kier alpha value is -1.08. The molecule has 2 aromatic carbocycles. The Morgan fingerprint density at radius 2 is 1.52 bits per heavy atom. The van der Waals surface area contributed by atoms with Crippen LogP contribution in [0.3, 0.4) is 0 Å². The number of anilines is 1. The maximum absolute atomic E-state index is 12.7. The highest BCUT2D eigenvalue weighted by Gasteiger charge is 2.29. The van der Waals surface area contributed by atoms with Gasteiger partial charge in [0.2, 0.25) is 10.0 Å². The topological polar surface area (TPSA) is 58.2 Å². The number of nitrogens with one attached hydrogen (secondary N) is 2. The van der Waals surface area contributed by atoms with E-state index >= 15 is 0 Å². The number of rotatable bonds is 5. The third-order valence-electron chi connectivity index (χ3n) is 4.39. The van der Waals surface area contributed by atoms with Crippen LogP contribution in [0.5, 0.6) is 0 Å². The first-order chi connectivity index (χ1) is 11.9. The number of hydrogen-bond acceptors (Lipinski definition) is 3. The van der Waals surface area contributed by atoms with E-state index < -0.39 is 10.0 Å². The van der Waals surface area contributed by atoms with E-state index in [4.69, 9.17) is 11.6 Å². The summed E-state index contributed by atoms with van der Waals surface area (Å²) in [6, 6.07) is 14.1. The Bertz CT molecular complexity index is 810. The molecule has 1 aliphatic carbocycles. The maximum atomic E-state index is 12.7. The molecule has 0 radical (unpaired) electrons. The fourth-order valence-electron chi connectivity index (χ4n) is 3.09. The van der Waals surface area contributed by atoms with Crippen LogP contribution in [0.15, 0.2) is 57.9 Å². The molecule has 1 fully saturated rings. The van der Waals surface area contributed by atoms with Crippen LogP contribution in [0.1, 0.15) is 25.7 Å². The molecule has 0 spiro atoms. The molecule has 0 unspecified atom stereocenters. The second-order valence-electron chi connectivity index (χ2n) is 6.22. The molecule has 4 nitrogen and oxygen atoms in total. The van der Waals surface area contributed by atoms with Crippen molar-refractivity contribution >= 4 is 43.2 Å². The number of sulfonamides is 1. The predicted octanol–water partition coefficient (Wildman–Crippen LogP) is 4.80. The zero-order valence-electron chi connectivity index (χ0n) is 13.6. The minimum atomic E-state index is -3.56. The van der Waals surface area contributed by atoms with E-state index in [1.807, 2.05) is 24.3 Å². The summed E-state index contributed by atoms with van der Waals surface area (Å²) < 4.78 is 29.2. The van der Waals surface area contributed by atoms with Crippen LogP contribution in [-0.4, -0.2) is 20.5 Å². The van der Waals surface area contributed by atoms with Gasteiger partial charge in [-0.15, -0.1) is 0 Å². The highest BCUT2D eigenvalue weighted by molar-refractivity contribution is 9.10. The van der Waals surface area contributed by atoms with Gasteiger partial charge in [0.1, 0.15) is 0 Å². The molecule has 7 heteroatoms. The van der Waals surface area contributed by atoms with Crippen molar-refractivity contribution in [1.29, 1.82) is 0 Å². The SMILES string of the molecule is O=S(=O)(N[C@H]1CCCC[C@@H]1Nc1ccc(Br)cc1)c1ccc(Cl)cc1. The van der Waals surface area contributed by atoms with Crippen molar-refractivity contribution < 1.29 is 8.42 Å². The maximum Gasteiger partial charge on any atom is 0.240 e. The smallest absolute Gasteiger partial charge is 0.240 e. The molecule has 0 bridgehead atoms.